The molecular weight excluding hydrogens is 222 g/mol. The van der Waals surface area contributed by atoms with Gasteiger partial charge in [0, 0.05) is 17.3 Å². The molecule has 1 N–H and O–H groups in total. The van der Waals surface area contributed by atoms with Crippen LogP contribution in [0, 0.1) is 0 Å². The van der Waals surface area contributed by atoms with Crippen molar-refractivity contribution in [3.63, 3.8) is 0 Å². The molecule has 0 aromatic carbocycles. The van der Waals surface area contributed by atoms with Gasteiger partial charge in [-0.15, -0.1) is 0 Å². The molecular formula is C15H24N3+. The van der Waals surface area contributed by atoms with Gasteiger partial charge in [0.05, 0.1) is 0 Å². The Morgan fingerprint density at radius 2 is 1.94 bits per heavy atom. The zero-order chi connectivity index (χ0) is 13.4. The van der Waals surface area contributed by atoms with E-state index in [0.29, 0.717) is 0 Å². The molecule has 2 rings (SSSR count). The van der Waals surface area contributed by atoms with E-state index in [1.165, 1.54) is 5.69 Å². The Morgan fingerprint density at radius 1 is 1.22 bits per heavy atom. The predicted molar refractivity (Wildman–Crippen MR) is 73.4 cm³/mol. The molecule has 98 valence electrons. The van der Waals surface area contributed by atoms with E-state index < -0.39 is 0 Å². The minimum atomic E-state index is 0.109. The molecule has 0 saturated heterocycles. The van der Waals surface area contributed by atoms with Crippen molar-refractivity contribution < 1.29 is 4.57 Å². The lowest BCUT2D eigenvalue weighted by molar-refractivity contribution is -0.704. The third-order valence-corrected chi connectivity index (χ3v) is 3.37. The molecule has 0 fully saturated rings. The Hall–Kier alpha value is -1.51. The molecule has 3 nitrogen and oxygen atoms in total. The molecule has 2 heterocycles. The molecule has 0 aliphatic rings. The van der Waals surface area contributed by atoms with Crippen molar-refractivity contribution in [3.8, 4) is 0 Å². The van der Waals surface area contributed by atoms with E-state index >= 15 is 0 Å². The Morgan fingerprint density at radius 3 is 2.44 bits per heavy atom. The van der Waals surface area contributed by atoms with E-state index in [-0.39, 0.29) is 11.0 Å². The summed E-state index contributed by atoms with van der Waals surface area (Å²) in [6.45, 7) is 12.1. The van der Waals surface area contributed by atoms with Crippen molar-refractivity contribution in [1.82, 2.24) is 9.55 Å². The molecule has 3 heteroatoms. The fourth-order valence-corrected chi connectivity index (χ4v) is 2.18. The summed E-state index contributed by atoms with van der Waals surface area (Å²) in [7, 11) is 0. The number of nitrogens with zero attached hydrogens (tertiary/aromatic N) is 2. The second-order valence-electron chi connectivity index (χ2n) is 6.63. The fourth-order valence-electron chi connectivity index (χ4n) is 2.18. The Labute approximate surface area is 109 Å². The Kier molecular flexibility index (Phi) is 3.09. The first kappa shape index (κ1) is 12.9. The summed E-state index contributed by atoms with van der Waals surface area (Å²) in [4.78, 5) is 3.31. The summed E-state index contributed by atoms with van der Waals surface area (Å²) in [6.07, 6.45) is 8.47. The van der Waals surface area contributed by atoms with Gasteiger partial charge in [-0.3, -0.25) is 0 Å². The lowest BCUT2D eigenvalue weighted by Crippen LogP contribution is -2.42. The van der Waals surface area contributed by atoms with Crippen LogP contribution in [-0.2, 0) is 17.5 Å². The van der Waals surface area contributed by atoms with Gasteiger partial charge >= 0.3 is 0 Å². The van der Waals surface area contributed by atoms with Gasteiger partial charge < -0.3 is 4.98 Å². The van der Waals surface area contributed by atoms with E-state index in [9.17, 15) is 0 Å². The number of aromatic nitrogens is 3. The van der Waals surface area contributed by atoms with Crippen molar-refractivity contribution in [2.24, 2.45) is 0 Å². The van der Waals surface area contributed by atoms with Crippen LogP contribution in [0.5, 0.6) is 0 Å². The van der Waals surface area contributed by atoms with Gasteiger partial charge in [0.25, 0.3) is 0 Å². The first-order valence-corrected chi connectivity index (χ1v) is 6.50. The monoisotopic (exact) mass is 246 g/mol. The second kappa shape index (κ2) is 4.30. The summed E-state index contributed by atoms with van der Waals surface area (Å²) in [5.41, 5.74) is 1.53. The van der Waals surface area contributed by atoms with Crippen molar-refractivity contribution >= 4 is 0 Å². The Bertz CT molecular complexity index is 498. The highest BCUT2D eigenvalue weighted by Gasteiger charge is 2.26. The number of rotatable bonds is 3. The van der Waals surface area contributed by atoms with Crippen LogP contribution in [0.1, 0.15) is 40.3 Å². The predicted octanol–water partition coefficient (Wildman–Crippen LogP) is 2.84. The van der Waals surface area contributed by atoms with E-state index in [4.69, 9.17) is 0 Å². The van der Waals surface area contributed by atoms with Gasteiger partial charge in [0.15, 0.2) is 0 Å². The highest BCUT2D eigenvalue weighted by Crippen LogP contribution is 2.21. The standard InChI is InChI=1S/C15H24N3/c1-14(2,3)18-10-9-17(12-18)11-15(4,5)13-7-6-8-16-13/h6-10,12,16H,11H2,1-5H3/q+1. The largest absolute Gasteiger partial charge is 0.364 e. The lowest BCUT2D eigenvalue weighted by atomic mass is 9.89. The third-order valence-electron chi connectivity index (χ3n) is 3.37. The van der Waals surface area contributed by atoms with Crippen LogP contribution in [0.15, 0.2) is 37.1 Å². The minimum Gasteiger partial charge on any atom is -0.364 e. The van der Waals surface area contributed by atoms with E-state index in [1.54, 1.807) is 0 Å². The average Bonchev–Trinajstić information content (AvgIpc) is 2.83. The molecule has 2 aromatic heterocycles. The second-order valence-corrected chi connectivity index (χ2v) is 6.63. The molecule has 0 unspecified atom stereocenters. The van der Waals surface area contributed by atoms with Gasteiger partial charge in [0.2, 0.25) is 6.33 Å². The number of hydrogen-bond acceptors (Lipinski definition) is 0. The third kappa shape index (κ3) is 2.66. The van der Waals surface area contributed by atoms with Crippen LogP contribution in [0.4, 0.5) is 0 Å². The maximum absolute atomic E-state index is 3.31. The molecule has 0 atom stereocenters. The molecule has 0 amide bonds. The quantitative estimate of drug-likeness (QED) is 0.806. The van der Waals surface area contributed by atoms with Crippen LogP contribution in [0.2, 0.25) is 0 Å². The molecule has 0 radical (unpaired) electrons. The van der Waals surface area contributed by atoms with Crippen molar-refractivity contribution in [2.45, 2.75) is 52.1 Å². The van der Waals surface area contributed by atoms with Gasteiger partial charge in [-0.2, -0.15) is 0 Å². The summed E-state index contributed by atoms with van der Waals surface area (Å²) in [5, 5.41) is 0. The smallest absolute Gasteiger partial charge is 0.244 e. The Balaban J connectivity index is 2.17. The first-order chi connectivity index (χ1) is 8.29. The highest BCUT2D eigenvalue weighted by molar-refractivity contribution is 5.13. The molecule has 0 bridgehead atoms. The SMILES string of the molecule is CC(C)(C[n+]1ccn(C(C)(C)C)c1)c1ccc[nH]1. The first-order valence-electron chi connectivity index (χ1n) is 6.50. The average molecular weight is 246 g/mol. The van der Waals surface area contributed by atoms with Gasteiger partial charge in [-0.1, -0.05) is 13.8 Å². The number of H-pyrrole nitrogens is 1. The van der Waals surface area contributed by atoms with Crippen LogP contribution < -0.4 is 4.57 Å². The number of hydrogen-bond donors (Lipinski definition) is 1. The van der Waals surface area contributed by atoms with Crippen molar-refractivity contribution in [3.05, 3.63) is 42.7 Å². The lowest BCUT2D eigenvalue weighted by Gasteiger charge is -2.21. The molecule has 0 aliphatic carbocycles. The van der Waals surface area contributed by atoms with Crippen molar-refractivity contribution in [2.75, 3.05) is 0 Å². The molecule has 0 spiro atoms. The topological polar surface area (TPSA) is 24.6 Å². The normalized spacial score (nSPS) is 12.9. The zero-order valence-electron chi connectivity index (χ0n) is 12.1. The van der Waals surface area contributed by atoms with Gasteiger partial charge in [0.1, 0.15) is 24.5 Å². The molecule has 18 heavy (non-hydrogen) atoms. The maximum Gasteiger partial charge on any atom is 0.244 e. The summed E-state index contributed by atoms with van der Waals surface area (Å²) in [6, 6.07) is 4.21. The number of aromatic amines is 1. The minimum absolute atomic E-state index is 0.109. The summed E-state index contributed by atoms with van der Waals surface area (Å²) >= 11 is 0. The van der Waals surface area contributed by atoms with Crippen LogP contribution >= 0.6 is 0 Å². The number of imidazole rings is 1. The zero-order valence-corrected chi connectivity index (χ0v) is 12.1. The maximum atomic E-state index is 3.31. The van der Waals surface area contributed by atoms with Crippen molar-refractivity contribution in [1.29, 1.82) is 0 Å². The fraction of sp³-hybridized carbons (Fsp3) is 0.533. The molecule has 2 aromatic rings. The van der Waals surface area contributed by atoms with E-state index in [0.717, 1.165) is 6.54 Å². The van der Waals surface area contributed by atoms with Gasteiger partial charge in [-0.25, -0.2) is 9.13 Å². The summed E-state index contributed by atoms with van der Waals surface area (Å²) in [5.74, 6) is 0. The van der Waals surface area contributed by atoms with E-state index in [1.807, 2.05) is 6.20 Å². The van der Waals surface area contributed by atoms with Crippen LogP contribution in [-0.4, -0.2) is 9.55 Å². The van der Waals surface area contributed by atoms with Crippen LogP contribution in [0.3, 0.4) is 0 Å². The molecule has 0 aliphatic heterocycles. The highest BCUT2D eigenvalue weighted by atomic mass is 15.1. The summed E-state index contributed by atoms with van der Waals surface area (Å²) < 4.78 is 4.50. The van der Waals surface area contributed by atoms with Crippen LogP contribution in [0.25, 0.3) is 0 Å². The molecule has 0 saturated carbocycles. The van der Waals surface area contributed by atoms with Gasteiger partial charge in [-0.05, 0) is 32.9 Å². The number of nitrogens with one attached hydrogen (secondary N) is 1. The van der Waals surface area contributed by atoms with E-state index in [2.05, 4.69) is 79.6 Å².